The van der Waals surface area contributed by atoms with Crippen molar-refractivity contribution in [3.63, 3.8) is 0 Å². The van der Waals surface area contributed by atoms with Crippen LogP contribution in [0.15, 0.2) is 24.3 Å². The number of allylic oxidation sites excluding steroid dienone is 4. The molecule has 2 unspecified atom stereocenters. The molecule has 17 heavy (non-hydrogen) atoms. The zero-order valence-corrected chi connectivity index (χ0v) is 11.2. The predicted octanol–water partition coefficient (Wildman–Crippen LogP) is 5.65. The standard InChI is InChI=1S/C17H28/c1-2-5-9-13-16(12-8-4-1)17-14-10-6-3-7-11-15-17/h4,6,8,10,16-17H,1-3,5,7,9,11-15H2/b8-4-,10-6-. The Morgan fingerprint density at radius 3 is 1.71 bits per heavy atom. The third-order valence-electron chi connectivity index (χ3n) is 4.52. The minimum absolute atomic E-state index is 0.965. The molecule has 0 aromatic rings. The normalized spacial score (nSPS) is 35.8. The van der Waals surface area contributed by atoms with Crippen molar-refractivity contribution < 1.29 is 0 Å². The lowest BCUT2D eigenvalue weighted by molar-refractivity contribution is 0.282. The van der Waals surface area contributed by atoms with Gasteiger partial charge in [-0.2, -0.15) is 0 Å². The molecule has 2 rings (SSSR count). The third-order valence-corrected chi connectivity index (χ3v) is 4.52. The Kier molecular flexibility index (Phi) is 5.88. The molecule has 0 saturated carbocycles. The molecule has 0 bridgehead atoms. The van der Waals surface area contributed by atoms with Gasteiger partial charge in [-0.25, -0.2) is 0 Å². The number of hydrogen-bond acceptors (Lipinski definition) is 0. The van der Waals surface area contributed by atoms with Crippen LogP contribution in [0.1, 0.15) is 70.6 Å². The van der Waals surface area contributed by atoms with Gasteiger partial charge < -0.3 is 0 Å². The zero-order chi connectivity index (χ0) is 11.8. The molecule has 0 aromatic carbocycles. The second kappa shape index (κ2) is 7.74. The molecule has 0 heteroatoms. The van der Waals surface area contributed by atoms with Crippen LogP contribution in [-0.2, 0) is 0 Å². The molecule has 0 spiro atoms. The average Bonchev–Trinajstić information content (AvgIpc) is 2.42. The molecule has 2 atom stereocenters. The summed E-state index contributed by atoms with van der Waals surface area (Å²) in [7, 11) is 0. The summed E-state index contributed by atoms with van der Waals surface area (Å²) in [5, 5.41) is 0. The van der Waals surface area contributed by atoms with Crippen LogP contribution in [0.3, 0.4) is 0 Å². The third kappa shape index (κ3) is 4.69. The van der Waals surface area contributed by atoms with Gasteiger partial charge in [-0.05, 0) is 63.2 Å². The van der Waals surface area contributed by atoms with E-state index >= 15 is 0 Å². The van der Waals surface area contributed by atoms with E-state index in [1.165, 1.54) is 70.6 Å². The molecule has 2 aliphatic rings. The lowest BCUT2D eigenvalue weighted by Crippen LogP contribution is -2.15. The Hall–Kier alpha value is -0.520. The van der Waals surface area contributed by atoms with Crippen LogP contribution in [0.25, 0.3) is 0 Å². The highest BCUT2D eigenvalue weighted by atomic mass is 14.2. The van der Waals surface area contributed by atoms with Crippen LogP contribution in [-0.4, -0.2) is 0 Å². The van der Waals surface area contributed by atoms with Crippen molar-refractivity contribution in [3.05, 3.63) is 24.3 Å². The summed E-state index contributed by atoms with van der Waals surface area (Å²) >= 11 is 0. The Labute approximate surface area is 107 Å². The van der Waals surface area contributed by atoms with Crippen molar-refractivity contribution >= 4 is 0 Å². The Balaban J connectivity index is 1.91. The van der Waals surface area contributed by atoms with E-state index < -0.39 is 0 Å². The minimum atomic E-state index is 0.965. The summed E-state index contributed by atoms with van der Waals surface area (Å²) in [6, 6.07) is 0. The molecule has 0 amide bonds. The molecule has 0 aliphatic heterocycles. The van der Waals surface area contributed by atoms with Gasteiger partial charge in [0.1, 0.15) is 0 Å². The molecule has 0 heterocycles. The summed E-state index contributed by atoms with van der Waals surface area (Å²) < 4.78 is 0. The quantitative estimate of drug-likeness (QED) is 0.512. The summed E-state index contributed by atoms with van der Waals surface area (Å²) in [6.45, 7) is 0. The first-order chi connectivity index (χ1) is 8.47. The van der Waals surface area contributed by atoms with Gasteiger partial charge in [0.2, 0.25) is 0 Å². The maximum Gasteiger partial charge on any atom is -0.0319 e. The van der Waals surface area contributed by atoms with E-state index in [1.807, 2.05) is 0 Å². The van der Waals surface area contributed by atoms with E-state index in [0.29, 0.717) is 0 Å². The van der Waals surface area contributed by atoms with Crippen molar-refractivity contribution in [2.24, 2.45) is 11.8 Å². The monoisotopic (exact) mass is 232 g/mol. The van der Waals surface area contributed by atoms with Crippen LogP contribution in [0.5, 0.6) is 0 Å². The maximum atomic E-state index is 2.47. The maximum absolute atomic E-state index is 2.47. The number of rotatable bonds is 1. The fourth-order valence-electron chi connectivity index (χ4n) is 3.38. The van der Waals surface area contributed by atoms with E-state index in [4.69, 9.17) is 0 Å². The molecule has 2 aliphatic carbocycles. The molecular weight excluding hydrogens is 204 g/mol. The zero-order valence-electron chi connectivity index (χ0n) is 11.2. The summed E-state index contributed by atoms with van der Waals surface area (Å²) in [5.74, 6) is 1.93. The Bertz CT molecular complexity index is 249. The van der Waals surface area contributed by atoms with Gasteiger partial charge in [0.15, 0.2) is 0 Å². The van der Waals surface area contributed by atoms with E-state index in [1.54, 1.807) is 0 Å². The number of hydrogen-bond donors (Lipinski definition) is 0. The average molecular weight is 232 g/mol. The van der Waals surface area contributed by atoms with Gasteiger partial charge in [-0.3, -0.25) is 0 Å². The second-order valence-corrected chi connectivity index (χ2v) is 5.86. The molecule has 0 saturated heterocycles. The second-order valence-electron chi connectivity index (χ2n) is 5.86. The molecule has 0 radical (unpaired) electrons. The van der Waals surface area contributed by atoms with Crippen molar-refractivity contribution in [1.29, 1.82) is 0 Å². The van der Waals surface area contributed by atoms with E-state index in [0.717, 1.165) is 11.8 Å². The first-order valence-corrected chi connectivity index (χ1v) is 7.77. The van der Waals surface area contributed by atoms with Gasteiger partial charge in [-0.15, -0.1) is 0 Å². The molecule has 0 aromatic heterocycles. The molecule has 0 nitrogen and oxygen atoms in total. The highest BCUT2D eigenvalue weighted by Crippen LogP contribution is 2.32. The van der Waals surface area contributed by atoms with E-state index in [2.05, 4.69) is 24.3 Å². The SMILES string of the molecule is C1=C\CC(C2C/C=C\CCCC2)CCCCC/1. The minimum Gasteiger partial charge on any atom is -0.0885 e. The van der Waals surface area contributed by atoms with Gasteiger partial charge in [0.25, 0.3) is 0 Å². The molecular formula is C17H28. The van der Waals surface area contributed by atoms with E-state index in [-0.39, 0.29) is 0 Å². The van der Waals surface area contributed by atoms with Crippen LogP contribution >= 0.6 is 0 Å². The molecule has 0 N–H and O–H groups in total. The van der Waals surface area contributed by atoms with Crippen molar-refractivity contribution in [1.82, 2.24) is 0 Å². The van der Waals surface area contributed by atoms with E-state index in [9.17, 15) is 0 Å². The fraction of sp³-hybridized carbons (Fsp3) is 0.765. The van der Waals surface area contributed by atoms with Crippen molar-refractivity contribution in [3.8, 4) is 0 Å². The first-order valence-electron chi connectivity index (χ1n) is 7.77. The largest absolute Gasteiger partial charge is 0.0885 e. The highest BCUT2D eigenvalue weighted by molar-refractivity contribution is 4.92. The lowest BCUT2D eigenvalue weighted by atomic mass is 9.79. The predicted molar refractivity (Wildman–Crippen MR) is 76.0 cm³/mol. The smallest absolute Gasteiger partial charge is 0.0319 e. The lowest BCUT2D eigenvalue weighted by Gasteiger charge is -2.26. The van der Waals surface area contributed by atoms with Gasteiger partial charge in [0.05, 0.1) is 0 Å². The van der Waals surface area contributed by atoms with Gasteiger partial charge in [-0.1, -0.05) is 43.6 Å². The van der Waals surface area contributed by atoms with Gasteiger partial charge >= 0.3 is 0 Å². The molecule has 0 fully saturated rings. The highest BCUT2D eigenvalue weighted by Gasteiger charge is 2.19. The van der Waals surface area contributed by atoms with Crippen LogP contribution < -0.4 is 0 Å². The van der Waals surface area contributed by atoms with Gasteiger partial charge in [0, 0.05) is 0 Å². The summed E-state index contributed by atoms with van der Waals surface area (Å²) in [5.41, 5.74) is 0. The first kappa shape index (κ1) is 12.9. The van der Waals surface area contributed by atoms with Crippen LogP contribution in [0.4, 0.5) is 0 Å². The van der Waals surface area contributed by atoms with Crippen molar-refractivity contribution in [2.45, 2.75) is 70.6 Å². The van der Waals surface area contributed by atoms with Crippen molar-refractivity contribution in [2.75, 3.05) is 0 Å². The Morgan fingerprint density at radius 2 is 1.06 bits per heavy atom. The topological polar surface area (TPSA) is 0 Å². The van der Waals surface area contributed by atoms with Crippen LogP contribution in [0.2, 0.25) is 0 Å². The Morgan fingerprint density at radius 1 is 0.529 bits per heavy atom. The fourth-order valence-corrected chi connectivity index (χ4v) is 3.38. The summed E-state index contributed by atoms with van der Waals surface area (Å²) in [4.78, 5) is 0. The molecule has 96 valence electrons. The summed E-state index contributed by atoms with van der Waals surface area (Å²) in [6.07, 6.45) is 25.2. The van der Waals surface area contributed by atoms with Crippen LogP contribution in [0, 0.1) is 11.8 Å².